The monoisotopic (exact) mass is 458 g/mol. The molecule has 0 spiro atoms. The predicted octanol–water partition coefficient (Wildman–Crippen LogP) is 3.51. The van der Waals surface area contributed by atoms with Crippen LogP contribution in [0.3, 0.4) is 0 Å². The molecule has 3 heterocycles. The number of hydrogen-bond acceptors (Lipinski definition) is 5. The van der Waals surface area contributed by atoms with Gasteiger partial charge in [-0.3, -0.25) is 9.48 Å². The van der Waals surface area contributed by atoms with Crippen molar-refractivity contribution in [1.82, 2.24) is 19.7 Å². The molecule has 0 saturated carbocycles. The third-order valence-electron chi connectivity index (χ3n) is 5.85. The number of likely N-dealkylation sites (N-methyl/N-ethyl adjacent to an activating group) is 2. The molecule has 1 aliphatic heterocycles. The number of hydrogen-bond donors (Lipinski definition) is 0. The molecule has 0 radical (unpaired) electrons. The van der Waals surface area contributed by atoms with Crippen LogP contribution in [0.4, 0.5) is 24.7 Å². The number of amides is 1. The van der Waals surface area contributed by atoms with Crippen molar-refractivity contribution in [3.63, 3.8) is 0 Å². The molecular formula is C23H25F3N6O. The second-order valence-corrected chi connectivity index (χ2v) is 8.23. The van der Waals surface area contributed by atoms with Crippen LogP contribution < -0.4 is 9.80 Å². The third kappa shape index (κ3) is 4.55. The fourth-order valence-electron chi connectivity index (χ4n) is 4.03. The normalized spacial score (nSPS) is 15.8. The van der Waals surface area contributed by atoms with E-state index in [1.54, 1.807) is 35.2 Å². The number of fused-ring (bicyclic) bond motifs is 1. The molecule has 0 N–H and O–H groups in total. The standard InChI is InChI=1S/C23H25F3N6O/c1-4-5-18-23(33)31(3)19-11-27-20(29-22(19)30(18)2)7-6-14-10-28-32(12-14)13-15-8-16(24)21(26)17(25)9-15/h8-12,18H,4-7,13H2,1-3H3. The van der Waals surface area contributed by atoms with Crippen molar-refractivity contribution in [2.45, 2.75) is 45.2 Å². The molecule has 174 valence electrons. The Morgan fingerprint density at radius 3 is 2.45 bits per heavy atom. The Bertz CT molecular complexity index is 1160. The van der Waals surface area contributed by atoms with Gasteiger partial charge >= 0.3 is 0 Å². The predicted molar refractivity (Wildman–Crippen MR) is 118 cm³/mol. The lowest BCUT2D eigenvalue weighted by Crippen LogP contribution is -2.51. The van der Waals surface area contributed by atoms with Gasteiger partial charge in [0.05, 0.1) is 18.9 Å². The molecule has 0 fully saturated rings. The molecule has 1 atom stereocenters. The van der Waals surface area contributed by atoms with E-state index in [4.69, 9.17) is 4.98 Å². The number of carbonyl (C=O) groups excluding carboxylic acids is 1. The van der Waals surface area contributed by atoms with Crippen LogP contribution in [0, 0.1) is 17.5 Å². The van der Waals surface area contributed by atoms with Gasteiger partial charge in [-0.1, -0.05) is 13.3 Å². The number of aryl methyl sites for hydroxylation is 2. The van der Waals surface area contributed by atoms with Gasteiger partial charge in [-0.2, -0.15) is 5.10 Å². The number of carbonyl (C=O) groups is 1. The largest absolute Gasteiger partial charge is 0.346 e. The molecule has 2 aromatic heterocycles. The van der Waals surface area contributed by atoms with Crippen LogP contribution in [0.2, 0.25) is 0 Å². The van der Waals surface area contributed by atoms with E-state index in [0.717, 1.165) is 36.4 Å². The van der Waals surface area contributed by atoms with E-state index in [2.05, 4.69) is 10.1 Å². The van der Waals surface area contributed by atoms with Gasteiger partial charge in [-0.05, 0) is 36.1 Å². The molecule has 0 bridgehead atoms. The highest BCUT2D eigenvalue weighted by Gasteiger charge is 2.35. The SMILES string of the molecule is CCCC1C(=O)N(C)c2cnc(CCc3cnn(Cc4cc(F)c(F)c(F)c4)c3)nc2N1C. The van der Waals surface area contributed by atoms with E-state index in [1.165, 1.54) is 0 Å². The van der Waals surface area contributed by atoms with E-state index < -0.39 is 17.5 Å². The van der Waals surface area contributed by atoms with Crippen LogP contribution in [-0.2, 0) is 24.2 Å². The lowest BCUT2D eigenvalue weighted by atomic mass is 10.1. The van der Waals surface area contributed by atoms with E-state index in [1.807, 2.05) is 18.9 Å². The summed E-state index contributed by atoms with van der Waals surface area (Å²) in [5, 5.41) is 4.22. The van der Waals surface area contributed by atoms with Crippen molar-refractivity contribution >= 4 is 17.4 Å². The summed E-state index contributed by atoms with van der Waals surface area (Å²) in [6.07, 6.45) is 7.93. The molecule has 10 heteroatoms. The summed E-state index contributed by atoms with van der Waals surface area (Å²) in [5.74, 6) is -2.50. The molecule has 1 amide bonds. The van der Waals surface area contributed by atoms with Gasteiger partial charge in [0.15, 0.2) is 23.3 Å². The summed E-state index contributed by atoms with van der Waals surface area (Å²) < 4.78 is 41.5. The number of benzene rings is 1. The van der Waals surface area contributed by atoms with Gasteiger partial charge in [0, 0.05) is 26.7 Å². The first-order valence-corrected chi connectivity index (χ1v) is 10.8. The molecule has 4 rings (SSSR count). The van der Waals surface area contributed by atoms with Crippen LogP contribution in [-0.4, -0.2) is 45.8 Å². The Labute approximate surface area is 189 Å². The average molecular weight is 458 g/mol. The molecule has 1 aliphatic rings. The van der Waals surface area contributed by atoms with Crippen LogP contribution in [0.15, 0.2) is 30.7 Å². The Kier molecular flexibility index (Phi) is 6.35. The smallest absolute Gasteiger partial charge is 0.249 e. The fraction of sp³-hybridized carbons (Fsp3) is 0.391. The summed E-state index contributed by atoms with van der Waals surface area (Å²) in [4.78, 5) is 25.3. The maximum Gasteiger partial charge on any atom is 0.249 e. The van der Waals surface area contributed by atoms with Gasteiger partial charge in [0.25, 0.3) is 0 Å². The topological polar surface area (TPSA) is 67.2 Å². The first-order valence-electron chi connectivity index (χ1n) is 10.8. The Hall–Kier alpha value is -3.43. The van der Waals surface area contributed by atoms with Crippen molar-refractivity contribution in [3.8, 4) is 0 Å². The second kappa shape index (κ2) is 9.21. The molecule has 0 aliphatic carbocycles. The average Bonchev–Trinajstić information content (AvgIpc) is 3.24. The highest BCUT2D eigenvalue weighted by Crippen LogP contribution is 2.33. The number of halogens is 3. The van der Waals surface area contributed by atoms with Gasteiger partial charge in [0.1, 0.15) is 17.6 Å². The summed E-state index contributed by atoms with van der Waals surface area (Å²) in [6.45, 7) is 2.17. The highest BCUT2D eigenvalue weighted by molar-refractivity contribution is 6.04. The Morgan fingerprint density at radius 1 is 1.03 bits per heavy atom. The first kappa shape index (κ1) is 22.8. The molecule has 7 nitrogen and oxygen atoms in total. The molecule has 1 aromatic carbocycles. The number of aromatic nitrogens is 4. The number of rotatable bonds is 7. The minimum absolute atomic E-state index is 0.0385. The van der Waals surface area contributed by atoms with Gasteiger partial charge in [0.2, 0.25) is 5.91 Å². The number of nitrogens with zero attached hydrogens (tertiary/aromatic N) is 6. The van der Waals surface area contributed by atoms with Crippen LogP contribution in [0.25, 0.3) is 0 Å². The van der Waals surface area contributed by atoms with Crippen LogP contribution in [0.1, 0.15) is 36.7 Å². The molecule has 1 unspecified atom stereocenters. The van der Waals surface area contributed by atoms with E-state index in [9.17, 15) is 18.0 Å². The van der Waals surface area contributed by atoms with Crippen molar-refractivity contribution in [2.75, 3.05) is 23.9 Å². The maximum atomic E-state index is 13.4. The van der Waals surface area contributed by atoms with E-state index in [-0.39, 0.29) is 24.1 Å². The molecular weight excluding hydrogens is 433 g/mol. The zero-order chi connectivity index (χ0) is 23.7. The minimum Gasteiger partial charge on any atom is -0.346 e. The third-order valence-corrected chi connectivity index (χ3v) is 5.85. The van der Waals surface area contributed by atoms with Gasteiger partial charge in [-0.25, -0.2) is 23.1 Å². The molecule has 33 heavy (non-hydrogen) atoms. The van der Waals surface area contributed by atoms with Crippen LogP contribution >= 0.6 is 0 Å². The quantitative estimate of drug-likeness (QED) is 0.507. The van der Waals surface area contributed by atoms with Gasteiger partial charge in [-0.15, -0.1) is 0 Å². The van der Waals surface area contributed by atoms with Crippen molar-refractivity contribution in [2.24, 2.45) is 0 Å². The zero-order valence-electron chi connectivity index (χ0n) is 18.7. The number of anilines is 2. The summed E-state index contributed by atoms with van der Waals surface area (Å²) in [6, 6.07) is 1.69. The summed E-state index contributed by atoms with van der Waals surface area (Å²) in [5.41, 5.74) is 1.87. The Morgan fingerprint density at radius 2 is 1.76 bits per heavy atom. The minimum atomic E-state index is -1.48. The zero-order valence-corrected chi connectivity index (χ0v) is 18.7. The maximum absolute atomic E-state index is 13.4. The van der Waals surface area contributed by atoms with Gasteiger partial charge < -0.3 is 9.80 Å². The van der Waals surface area contributed by atoms with Crippen LogP contribution in [0.5, 0.6) is 0 Å². The first-order chi connectivity index (χ1) is 15.8. The molecule has 0 saturated heterocycles. The van der Waals surface area contributed by atoms with E-state index in [0.29, 0.717) is 24.4 Å². The summed E-state index contributed by atoms with van der Waals surface area (Å²) in [7, 11) is 3.62. The van der Waals surface area contributed by atoms with Crippen molar-refractivity contribution < 1.29 is 18.0 Å². The molecule has 3 aromatic rings. The lowest BCUT2D eigenvalue weighted by molar-refractivity contribution is -0.120. The summed E-state index contributed by atoms with van der Waals surface area (Å²) >= 11 is 0. The van der Waals surface area contributed by atoms with Crippen molar-refractivity contribution in [3.05, 3.63) is 65.1 Å². The Balaban J connectivity index is 1.44. The van der Waals surface area contributed by atoms with Crippen molar-refractivity contribution in [1.29, 1.82) is 0 Å². The fourth-order valence-corrected chi connectivity index (χ4v) is 4.03. The second-order valence-electron chi connectivity index (χ2n) is 8.23. The lowest BCUT2D eigenvalue weighted by Gasteiger charge is -2.38. The van der Waals surface area contributed by atoms with E-state index >= 15 is 0 Å². The highest BCUT2D eigenvalue weighted by atomic mass is 19.2.